The van der Waals surface area contributed by atoms with Gasteiger partial charge in [-0.05, 0) is 0 Å². The first-order chi connectivity index (χ1) is 7.34. The maximum atomic E-state index is 4.34. The van der Waals surface area contributed by atoms with E-state index in [0.29, 0.717) is 0 Å². The second-order valence-corrected chi connectivity index (χ2v) is 6.35. The van der Waals surface area contributed by atoms with E-state index in [1.165, 1.54) is 18.7 Å². The number of nitrogens with one attached hydrogen (secondary N) is 1. The van der Waals surface area contributed by atoms with Crippen molar-refractivity contribution in [2.45, 2.75) is 19.3 Å². The Kier molecular flexibility index (Phi) is 4.37. The van der Waals surface area contributed by atoms with Crippen LogP contribution in [0.1, 0.15) is 18.5 Å². The van der Waals surface area contributed by atoms with Crippen LogP contribution in [0.2, 0.25) is 0 Å². The molecule has 0 radical (unpaired) electrons. The quantitative estimate of drug-likeness (QED) is 0.608. The molecular formula is C11H16N3Tl. The van der Waals surface area contributed by atoms with E-state index in [-0.39, 0.29) is 0 Å². The van der Waals surface area contributed by atoms with Crippen molar-refractivity contribution in [2.24, 2.45) is 5.92 Å². The summed E-state index contributed by atoms with van der Waals surface area (Å²) in [6, 6.07) is 0. The van der Waals surface area contributed by atoms with Gasteiger partial charge in [-0.15, -0.1) is 0 Å². The van der Waals surface area contributed by atoms with Crippen LogP contribution in [0.25, 0.3) is 0 Å². The number of hydrogen-bond acceptors (Lipinski definition) is 2. The summed E-state index contributed by atoms with van der Waals surface area (Å²) >= 11 is 0.844. The summed E-state index contributed by atoms with van der Waals surface area (Å²) in [6.45, 7) is 2.34. The van der Waals surface area contributed by atoms with Gasteiger partial charge in [0.2, 0.25) is 0 Å². The molecule has 1 aliphatic rings. The normalized spacial score (nSPS) is 21.4. The van der Waals surface area contributed by atoms with Gasteiger partial charge in [0, 0.05) is 0 Å². The van der Waals surface area contributed by atoms with E-state index < -0.39 is 0 Å². The van der Waals surface area contributed by atoms with Crippen LogP contribution >= 0.6 is 0 Å². The summed E-state index contributed by atoms with van der Waals surface area (Å²) in [5.74, 6) is 0.766. The molecule has 0 amide bonds. The number of nitrogens with zero attached hydrogens (tertiary/aromatic N) is 2. The zero-order valence-corrected chi connectivity index (χ0v) is 13.4. The summed E-state index contributed by atoms with van der Waals surface area (Å²) in [7, 11) is 0. The van der Waals surface area contributed by atoms with Crippen LogP contribution in [-0.4, -0.2) is 46.5 Å². The third-order valence-electron chi connectivity index (χ3n) is 2.73. The third-order valence-corrected chi connectivity index (χ3v) is 3.83. The second-order valence-electron chi connectivity index (χ2n) is 4.03. The molecule has 4 heteroatoms. The topological polar surface area (TPSA) is 29.9 Å². The van der Waals surface area contributed by atoms with Crippen LogP contribution in [0, 0.1) is 5.92 Å². The molecule has 0 unspecified atom stereocenters. The molecule has 2 rings (SSSR count). The van der Waals surface area contributed by atoms with Crippen LogP contribution in [0.4, 0.5) is 0 Å². The Bertz CT molecular complexity index is 326. The minimum absolute atomic E-state index is 0.766. The predicted molar refractivity (Wildman–Crippen MR) is 61.8 cm³/mol. The third kappa shape index (κ3) is 3.71. The Morgan fingerprint density at radius 2 is 2.60 bits per heavy atom. The van der Waals surface area contributed by atoms with Crippen LogP contribution in [-0.2, 0) is 6.42 Å². The van der Waals surface area contributed by atoms with Gasteiger partial charge in [-0.1, -0.05) is 0 Å². The zero-order valence-electron chi connectivity index (χ0n) is 8.89. The summed E-state index contributed by atoms with van der Waals surface area (Å²) in [6.07, 6.45) is 12.3. The SMILES string of the molecule is [Tl][n]1cnc(CC/C=C/[C@@H]2CCNC2)c1. The zero-order chi connectivity index (χ0) is 10.5. The predicted octanol–water partition coefficient (Wildman–Crippen LogP) is 0.913. The number of rotatable bonds is 4. The van der Waals surface area contributed by atoms with E-state index in [0.717, 1.165) is 51.4 Å². The molecule has 1 saturated heterocycles. The molecule has 1 aliphatic heterocycles. The molecule has 1 aromatic rings. The van der Waals surface area contributed by atoms with E-state index >= 15 is 0 Å². The van der Waals surface area contributed by atoms with Crippen molar-refractivity contribution >= 4 is 26.1 Å². The molecular weight excluding hydrogens is 379 g/mol. The molecule has 0 bridgehead atoms. The molecule has 0 spiro atoms. The van der Waals surface area contributed by atoms with Gasteiger partial charge in [-0.2, -0.15) is 0 Å². The molecule has 0 saturated carbocycles. The Morgan fingerprint density at radius 1 is 1.67 bits per heavy atom. The van der Waals surface area contributed by atoms with Gasteiger partial charge in [0.15, 0.2) is 0 Å². The van der Waals surface area contributed by atoms with Crippen molar-refractivity contribution in [3.05, 3.63) is 30.4 Å². The van der Waals surface area contributed by atoms with Crippen molar-refractivity contribution in [3.63, 3.8) is 0 Å². The van der Waals surface area contributed by atoms with Crippen molar-refractivity contribution in [2.75, 3.05) is 13.1 Å². The fourth-order valence-corrected chi connectivity index (χ4v) is 2.80. The van der Waals surface area contributed by atoms with Crippen molar-refractivity contribution in [1.82, 2.24) is 12.7 Å². The molecule has 3 nitrogen and oxygen atoms in total. The van der Waals surface area contributed by atoms with Gasteiger partial charge >= 0.3 is 107 Å². The monoisotopic (exact) mass is 395 g/mol. The standard InChI is InChI=1S/C11H16N3.Tl/c1(3-10-5-6-12-7-10)2-4-11-8-13-9-14-11;/h1,3,8-10,12H,2,4-7H2;/q-1;+1/b3-1+;/t10-;/m1./s1. The maximum absolute atomic E-state index is 4.34. The Morgan fingerprint density at radius 3 is 3.27 bits per heavy atom. The molecule has 1 aromatic heterocycles. The van der Waals surface area contributed by atoms with Crippen molar-refractivity contribution < 1.29 is 0 Å². The molecule has 78 valence electrons. The Hall–Kier alpha value is -0.168. The average molecular weight is 395 g/mol. The summed E-state index contributed by atoms with van der Waals surface area (Å²) in [5, 5.41) is 3.37. The van der Waals surface area contributed by atoms with E-state index in [4.69, 9.17) is 0 Å². The number of aromatic nitrogens is 2. The Labute approximate surface area is 107 Å². The first-order valence-corrected chi connectivity index (χ1v) is 7.50. The number of hydrogen-bond donors (Lipinski definition) is 1. The summed E-state index contributed by atoms with van der Waals surface area (Å²) in [5.41, 5.74) is 1.23. The molecule has 1 fully saturated rings. The molecule has 15 heavy (non-hydrogen) atoms. The second kappa shape index (κ2) is 5.79. The molecule has 1 N–H and O–H groups in total. The fraction of sp³-hybridized carbons (Fsp3) is 0.545. The van der Waals surface area contributed by atoms with Crippen molar-refractivity contribution in [1.29, 1.82) is 0 Å². The van der Waals surface area contributed by atoms with Crippen LogP contribution in [0.3, 0.4) is 0 Å². The summed E-state index contributed by atoms with van der Waals surface area (Å²) in [4.78, 5) is 4.34. The van der Waals surface area contributed by atoms with Crippen LogP contribution in [0.5, 0.6) is 0 Å². The number of allylic oxidation sites excluding steroid dienone is 1. The molecule has 0 aromatic carbocycles. The number of imidazole rings is 1. The average Bonchev–Trinajstić information content (AvgIpc) is 2.84. The Balaban J connectivity index is 1.70. The van der Waals surface area contributed by atoms with Gasteiger partial charge in [0.25, 0.3) is 0 Å². The van der Waals surface area contributed by atoms with Gasteiger partial charge in [-0.3, -0.25) is 0 Å². The minimum atomic E-state index is 0.766. The first-order valence-electron chi connectivity index (χ1n) is 5.50. The molecule has 0 aliphatic carbocycles. The summed E-state index contributed by atoms with van der Waals surface area (Å²) < 4.78 is 2.17. The number of aryl methyl sites for hydroxylation is 1. The van der Waals surface area contributed by atoms with Crippen LogP contribution in [0.15, 0.2) is 24.7 Å². The van der Waals surface area contributed by atoms with Crippen molar-refractivity contribution in [3.8, 4) is 0 Å². The van der Waals surface area contributed by atoms with E-state index in [1.807, 2.05) is 6.33 Å². The van der Waals surface area contributed by atoms with E-state index in [9.17, 15) is 0 Å². The van der Waals surface area contributed by atoms with Gasteiger partial charge in [0.05, 0.1) is 0 Å². The van der Waals surface area contributed by atoms with E-state index in [1.54, 1.807) is 0 Å². The van der Waals surface area contributed by atoms with Gasteiger partial charge in [-0.25, -0.2) is 0 Å². The first kappa shape index (κ1) is 11.3. The van der Waals surface area contributed by atoms with Gasteiger partial charge in [0.1, 0.15) is 0 Å². The van der Waals surface area contributed by atoms with Gasteiger partial charge < -0.3 is 0 Å². The molecule has 1 atom stereocenters. The van der Waals surface area contributed by atoms with Crippen LogP contribution < -0.4 is 5.32 Å². The fourth-order valence-electron chi connectivity index (χ4n) is 1.87. The molecule has 2 heterocycles. The van der Waals surface area contributed by atoms with E-state index in [2.05, 4.69) is 31.0 Å².